The van der Waals surface area contributed by atoms with Crippen LogP contribution in [0, 0.1) is 13.8 Å². The van der Waals surface area contributed by atoms with E-state index in [4.69, 9.17) is 4.74 Å². The molecule has 4 rings (SSSR count). The predicted molar refractivity (Wildman–Crippen MR) is 113 cm³/mol. The third kappa shape index (κ3) is 4.09. The number of nitrogens with zero attached hydrogens (tertiary/aromatic N) is 5. The SMILES string of the molecule is Cc1nc2ncnn2c(C)c1CCC(=O)OCCCn1c(=O)[nH]c2ccccc2c1=O. The first-order valence-corrected chi connectivity index (χ1v) is 9.99. The topological polar surface area (TPSA) is 124 Å². The van der Waals surface area contributed by atoms with Gasteiger partial charge >= 0.3 is 11.7 Å². The Hall–Kier alpha value is -3.82. The van der Waals surface area contributed by atoms with Crippen molar-refractivity contribution < 1.29 is 9.53 Å². The van der Waals surface area contributed by atoms with Crippen molar-refractivity contribution in [2.75, 3.05) is 6.61 Å². The van der Waals surface area contributed by atoms with E-state index in [0.29, 0.717) is 29.5 Å². The van der Waals surface area contributed by atoms with Gasteiger partial charge in [-0.25, -0.2) is 14.3 Å². The van der Waals surface area contributed by atoms with Gasteiger partial charge in [0.25, 0.3) is 11.3 Å². The first-order valence-electron chi connectivity index (χ1n) is 9.99. The number of aryl methyl sites for hydroxylation is 2. The van der Waals surface area contributed by atoms with E-state index in [9.17, 15) is 14.4 Å². The minimum atomic E-state index is -0.475. The zero-order valence-corrected chi connectivity index (χ0v) is 17.3. The number of nitrogens with one attached hydrogen (secondary N) is 1. The lowest BCUT2D eigenvalue weighted by Crippen LogP contribution is -2.35. The Bertz CT molecular complexity index is 1380. The number of rotatable bonds is 7. The van der Waals surface area contributed by atoms with Gasteiger partial charge in [-0.1, -0.05) is 12.1 Å². The van der Waals surface area contributed by atoms with Crippen molar-refractivity contribution >= 4 is 22.6 Å². The van der Waals surface area contributed by atoms with Crippen LogP contribution in [0.25, 0.3) is 16.7 Å². The van der Waals surface area contributed by atoms with E-state index in [0.717, 1.165) is 21.5 Å². The zero-order valence-electron chi connectivity index (χ0n) is 17.3. The number of ether oxygens (including phenoxy) is 1. The molecule has 4 aromatic rings. The van der Waals surface area contributed by atoms with Gasteiger partial charge < -0.3 is 9.72 Å². The molecule has 3 heterocycles. The molecule has 0 aliphatic heterocycles. The molecule has 160 valence electrons. The lowest BCUT2D eigenvalue weighted by Gasteiger charge is -2.10. The Morgan fingerprint density at radius 1 is 1.19 bits per heavy atom. The third-order valence-electron chi connectivity index (χ3n) is 5.25. The van der Waals surface area contributed by atoms with E-state index in [-0.39, 0.29) is 31.1 Å². The number of fused-ring (bicyclic) bond motifs is 2. The van der Waals surface area contributed by atoms with E-state index >= 15 is 0 Å². The van der Waals surface area contributed by atoms with Crippen LogP contribution in [0.4, 0.5) is 0 Å². The fourth-order valence-electron chi connectivity index (χ4n) is 3.63. The van der Waals surface area contributed by atoms with Crippen LogP contribution in [0.1, 0.15) is 29.8 Å². The molecule has 0 bridgehead atoms. The summed E-state index contributed by atoms with van der Waals surface area (Å²) < 4.78 is 8.06. The van der Waals surface area contributed by atoms with E-state index in [1.54, 1.807) is 28.8 Å². The average Bonchev–Trinajstić information content (AvgIpc) is 3.21. The first kappa shape index (κ1) is 20.5. The molecule has 0 saturated heterocycles. The van der Waals surface area contributed by atoms with Crippen LogP contribution in [-0.2, 0) is 22.5 Å². The molecule has 3 aromatic heterocycles. The van der Waals surface area contributed by atoms with Crippen LogP contribution in [0.3, 0.4) is 0 Å². The molecule has 0 saturated carbocycles. The van der Waals surface area contributed by atoms with Crippen LogP contribution in [-0.4, -0.2) is 41.7 Å². The minimum absolute atomic E-state index is 0.121. The lowest BCUT2D eigenvalue weighted by molar-refractivity contribution is -0.143. The summed E-state index contributed by atoms with van der Waals surface area (Å²) in [7, 11) is 0. The second-order valence-electron chi connectivity index (χ2n) is 7.24. The Morgan fingerprint density at radius 3 is 2.84 bits per heavy atom. The van der Waals surface area contributed by atoms with Gasteiger partial charge in [0.05, 0.1) is 17.5 Å². The number of aromatic nitrogens is 6. The number of hydrogen-bond acceptors (Lipinski definition) is 7. The highest BCUT2D eigenvalue weighted by molar-refractivity contribution is 5.76. The van der Waals surface area contributed by atoms with Crippen molar-refractivity contribution in [2.24, 2.45) is 0 Å². The van der Waals surface area contributed by atoms with Crippen LogP contribution in [0.5, 0.6) is 0 Å². The van der Waals surface area contributed by atoms with E-state index in [1.165, 1.54) is 6.33 Å². The van der Waals surface area contributed by atoms with Gasteiger partial charge in [0.1, 0.15) is 6.33 Å². The van der Waals surface area contributed by atoms with Gasteiger partial charge in [-0.05, 0) is 44.4 Å². The molecule has 0 fully saturated rings. The number of benzene rings is 1. The average molecular weight is 422 g/mol. The molecule has 1 aromatic carbocycles. The summed E-state index contributed by atoms with van der Waals surface area (Å²) in [6, 6.07) is 6.85. The van der Waals surface area contributed by atoms with Crippen molar-refractivity contribution in [2.45, 2.75) is 39.7 Å². The number of carbonyl (C=O) groups excluding carboxylic acids is 1. The second-order valence-corrected chi connectivity index (χ2v) is 7.24. The molecule has 31 heavy (non-hydrogen) atoms. The number of para-hydroxylation sites is 1. The van der Waals surface area contributed by atoms with Crippen LogP contribution in [0.15, 0.2) is 40.2 Å². The number of H-pyrrole nitrogens is 1. The van der Waals surface area contributed by atoms with Crippen molar-refractivity contribution in [1.82, 2.24) is 29.1 Å². The monoisotopic (exact) mass is 422 g/mol. The zero-order chi connectivity index (χ0) is 22.0. The molecule has 0 aliphatic rings. The van der Waals surface area contributed by atoms with Crippen molar-refractivity contribution in [3.05, 3.63) is 68.4 Å². The highest BCUT2D eigenvalue weighted by Crippen LogP contribution is 2.15. The Morgan fingerprint density at radius 2 is 2.00 bits per heavy atom. The van der Waals surface area contributed by atoms with Crippen LogP contribution >= 0.6 is 0 Å². The molecular formula is C21H22N6O4. The van der Waals surface area contributed by atoms with Gasteiger partial charge in [0.15, 0.2) is 0 Å². The van der Waals surface area contributed by atoms with Gasteiger partial charge in [0, 0.05) is 24.4 Å². The number of esters is 1. The van der Waals surface area contributed by atoms with E-state index < -0.39 is 5.69 Å². The third-order valence-corrected chi connectivity index (χ3v) is 5.25. The molecule has 0 spiro atoms. The summed E-state index contributed by atoms with van der Waals surface area (Å²) >= 11 is 0. The maximum absolute atomic E-state index is 12.5. The minimum Gasteiger partial charge on any atom is -0.466 e. The molecule has 0 amide bonds. The molecule has 0 radical (unpaired) electrons. The summed E-state index contributed by atoms with van der Waals surface area (Å²) in [6.07, 6.45) is 2.47. The van der Waals surface area contributed by atoms with Crippen molar-refractivity contribution in [3.63, 3.8) is 0 Å². The number of aromatic amines is 1. The van der Waals surface area contributed by atoms with Gasteiger partial charge in [0.2, 0.25) is 0 Å². The molecular weight excluding hydrogens is 400 g/mol. The second kappa shape index (κ2) is 8.50. The van der Waals surface area contributed by atoms with Gasteiger partial charge in [-0.2, -0.15) is 10.1 Å². The molecule has 10 heteroatoms. The van der Waals surface area contributed by atoms with E-state index in [1.807, 2.05) is 13.8 Å². The smallest absolute Gasteiger partial charge is 0.328 e. The Balaban J connectivity index is 1.32. The highest BCUT2D eigenvalue weighted by Gasteiger charge is 2.13. The normalized spacial score (nSPS) is 11.3. The van der Waals surface area contributed by atoms with E-state index in [2.05, 4.69) is 20.1 Å². The van der Waals surface area contributed by atoms with Gasteiger partial charge in [-0.15, -0.1) is 0 Å². The maximum Gasteiger partial charge on any atom is 0.328 e. The lowest BCUT2D eigenvalue weighted by atomic mass is 10.1. The summed E-state index contributed by atoms with van der Waals surface area (Å²) in [4.78, 5) is 48.0. The standard InChI is InChI=1S/C21H22N6O4/c1-13-15(14(2)27-20(24-13)22-12-23-27)8-9-18(28)31-11-5-10-26-19(29)16-6-3-4-7-17(16)25-21(26)30/h3-4,6-7,12H,5,8-11H2,1-2H3,(H,25,30). The maximum atomic E-state index is 12.5. The van der Waals surface area contributed by atoms with Crippen molar-refractivity contribution in [3.8, 4) is 0 Å². The largest absolute Gasteiger partial charge is 0.466 e. The quantitative estimate of drug-likeness (QED) is 0.352. The number of carbonyl (C=O) groups is 1. The Labute approximate surface area is 176 Å². The van der Waals surface area contributed by atoms with Crippen LogP contribution in [0.2, 0.25) is 0 Å². The summed E-state index contributed by atoms with van der Waals surface area (Å²) in [6.45, 7) is 4.07. The van der Waals surface area contributed by atoms with Crippen LogP contribution < -0.4 is 11.2 Å². The first-order chi connectivity index (χ1) is 15.0. The van der Waals surface area contributed by atoms with Gasteiger partial charge in [-0.3, -0.25) is 14.2 Å². The number of hydrogen-bond donors (Lipinski definition) is 1. The van der Waals surface area contributed by atoms with Crippen molar-refractivity contribution in [1.29, 1.82) is 0 Å². The molecule has 10 nitrogen and oxygen atoms in total. The predicted octanol–water partition coefficient (Wildman–Crippen LogP) is 1.31. The summed E-state index contributed by atoms with van der Waals surface area (Å²) in [5.41, 5.74) is 2.31. The molecule has 1 N–H and O–H groups in total. The molecule has 0 atom stereocenters. The molecule has 0 aliphatic carbocycles. The highest BCUT2D eigenvalue weighted by atomic mass is 16.5. The fraction of sp³-hybridized carbons (Fsp3) is 0.333. The summed E-state index contributed by atoms with van der Waals surface area (Å²) in [5, 5.41) is 4.59. The Kier molecular flexibility index (Phi) is 5.61. The molecule has 0 unspecified atom stereocenters. The summed E-state index contributed by atoms with van der Waals surface area (Å²) in [5.74, 6) is 0.178. The fourth-order valence-corrected chi connectivity index (χ4v) is 3.63.